The molecule has 9 rings (SSSR count). The van der Waals surface area contributed by atoms with Gasteiger partial charge >= 0.3 is 0 Å². The molecule has 0 radical (unpaired) electrons. The highest BCUT2D eigenvalue weighted by Crippen LogP contribution is 2.45. The lowest BCUT2D eigenvalue weighted by molar-refractivity contribution is 0.446. The van der Waals surface area contributed by atoms with Crippen LogP contribution in [0.1, 0.15) is 52.7 Å². The van der Waals surface area contributed by atoms with Crippen LogP contribution in [0, 0.1) is 0 Å². The van der Waals surface area contributed by atoms with Gasteiger partial charge in [0.15, 0.2) is 0 Å². The molecule has 0 aliphatic rings. The number of hydrogen-bond acceptors (Lipinski definition) is 4. The molecule has 6 heteroatoms. The van der Waals surface area contributed by atoms with Gasteiger partial charge in [0.1, 0.15) is 17.1 Å². The Hall–Kier alpha value is -6.89. The zero-order chi connectivity index (χ0) is 45.0. The fourth-order valence-corrected chi connectivity index (χ4v) is 10.2. The van der Waals surface area contributed by atoms with Gasteiger partial charge in [0.05, 0.1) is 31.0 Å². The van der Waals surface area contributed by atoms with Crippen LogP contribution < -0.4 is 5.19 Å². The quantitative estimate of drug-likeness (QED) is 0.155. The summed E-state index contributed by atoms with van der Waals surface area (Å²) in [5, 5.41) is 13.6. The first-order valence-corrected chi connectivity index (χ1v) is 25.7. The normalized spacial score (nSPS) is 12.2. The van der Waals surface area contributed by atoms with Crippen molar-refractivity contribution >= 4 is 24.3 Å². The molecule has 0 unspecified atom stereocenters. The Morgan fingerprint density at radius 2 is 1.06 bits per heavy atom. The number of nitrogens with zero attached hydrogens (tertiary/aromatic N) is 4. The summed E-state index contributed by atoms with van der Waals surface area (Å²) in [7, 11) is -1.81. The van der Waals surface area contributed by atoms with Gasteiger partial charge in [0.2, 0.25) is 0 Å². The van der Waals surface area contributed by atoms with Gasteiger partial charge in [0, 0.05) is 34.8 Å². The van der Waals surface area contributed by atoms with Crippen molar-refractivity contribution < 1.29 is 5.11 Å². The smallest absolute Gasteiger partial charge is 0.149 e. The summed E-state index contributed by atoms with van der Waals surface area (Å²) in [6, 6.07) is 53.6. The summed E-state index contributed by atoms with van der Waals surface area (Å²) in [6.07, 6.45) is 5.94. The molecule has 318 valence electrons. The SMILES string of the molecule is CC(C)(C)c1cc(-c2nc3c(-c4cc(-c5ccccc5)cc(-c5cc(-c6ccc(-c7ccccc7)cc6)c([Si](C)(C)C)cn5)c4)cncc3n2-c2ccccc2)c(O)c(C(C)(C)C)c1. The predicted molar refractivity (Wildman–Crippen MR) is 271 cm³/mol. The van der Waals surface area contributed by atoms with E-state index in [0.717, 1.165) is 61.4 Å². The van der Waals surface area contributed by atoms with Crippen molar-refractivity contribution in [1.29, 1.82) is 0 Å². The molecular weight excluding hydrogens is 797 g/mol. The van der Waals surface area contributed by atoms with E-state index in [1.165, 1.54) is 27.4 Å². The minimum atomic E-state index is -1.81. The van der Waals surface area contributed by atoms with Crippen molar-refractivity contribution in [1.82, 2.24) is 19.5 Å². The lowest BCUT2D eigenvalue weighted by atomic mass is 9.79. The Morgan fingerprint density at radius 3 is 1.67 bits per heavy atom. The molecule has 0 saturated carbocycles. The minimum Gasteiger partial charge on any atom is -0.507 e. The monoisotopic (exact) mass is 852 g/mol. The molecule has 0 bridgehead atoms. The number of phenolic OH excluding ortho intramolecular Hbond substituents is 1. The summed E-state index contributed by atoms with van der Waals surface area (Å²) in [4.78, 5) is 15.7. The van der Waals surface area contributed by atoms with Crippen molar-refractivity contribution in [3.8, 4) is 78.6 Å². The average Bonchev–Trinajstić information content (AvgIpc) is 3.68. The Balaban J connectivity index is 1.27. The van der Waals surface area contributed by atoms with Gasteiger partial charge in [-0.2, -0.15) is 0 Å². The van der Waals surface area contributed by atoms with Crippen LogP contribution in [0.25, 0.3) is 83.9 Å². The molecular formula is C58H56N4OSi. The fraction of sp³-hybridized carbons (Fsp3) is 0.190. The lowest BCUT2D eigenvalue weighted by Gasteiger charge is -2.27. The zero-order valence-electron chi connectivity index (χ0n) is 38.4. The number of aromatic nitrogens is 4. The van der Waals surface area contributed by atoms with Crippen molar-refractivity contribution in [2.75, 3.05) is 0 Å². The maximum Gasteiger partial charge on any atom is 0.149 e. The molecule has 64 heavy (non-hydrogen) atoms. The first-order chi connectivity index (χ1) is 30.5. The van der Waals surface area contributed by atoms with Crippen LogP contribution in [0.3, 0.4) is 0 Å². The van der Waals surface area contributed by atoms with Crippen molar-refractivity contribution in [2.45, 2.75) is 72.0 Å². The van der Waals surface area contributed by atoms with E-state index in [4.69, 9.17) is 15.0 Å². The first kappa shape index (κ1) is 42.4. The van der Waals surface area contributed by atoms with E-state index in [0.29, 0.717) is 11.4 Å². The molecule has 0 fully saturated rings. The minimum absolute atomic E-state index is 0.167. The number of phenols is 1. The highest BCUT2D eigenvalue weighted by atomic mass is 28.3. The third-order valence-electron chi connectivity index (χ3n) is 12.3. The Labute approximate surface area is 379 Å². The molecule has 1 N–H and O–H groups in total. The van der Waals surface area contributed by atoms with Crippen LogP contribution in [0.5, 0.6) is 5.75 Å². The van der Waals surface area contributed by atoms with Crippen LogP contribution in [0.2, 0.25) is 19.6 Å². The van der Waals surface area contributed by atoms with Crippen LogP contribution in [0.15, 0.2) is 170 Å². The maximum absolute atomic E-state index is 12.2. The molecule has 9 aromatic rings. The number of aromatic hydroxyl groups is 1. The number of pyridine rings is 2. The molecule has 0 aliphatic heterocycles. The van der Waals surface area contributed by atoms with Gasteiger partial charge in [-0.15, -0.1) is 0 Å². The van der Waals surface area contributed by atoms with E-state index in [-0.39, 0.29) is 16.6 Å². The highest BCUT2D eigenvalue weighted by Gasteiger charge is 2.29. The fourth-order valence-electron chi connectivity index (χ4n) is 8.68. The number of para-hydroxylation sites is 1. The first-order valence-electron chi connectivity index (χ1n) is 22.2. The molecule has 0 amide bonds. The predicted octanol–water partition coefficient (Wildman–Crippen LogP) is 14.7. The Morgan fingerprint density at radius 1 is 0.500 bits per heavy atom. The third-order valence-corrected chi connectivity index (χ3v) is 14.3. The van der Waals surface area contributed by atoms with Gasteiger partial charge in [-0.05, 0) is 103 Å². The molecule has 0 saturated heterocycles. The van der Waals surface area contributed by atoms with E-state index < -0.39 is 8.07 Å². The number of fused-ring (bicyclic) bond motifs is 1. The van der Waals surface area contributed by atoms with E-state index in [1.807, 2.05) is 30.6 Å². The lowest BCUT2D eigenvalue weighted by Crippen LogP contribution is -2.39. The van der Waals surface area contributed by atoms with Crippen molar-refractivity contribution in [3.05, 3.63) is 181 Å². The molecule has 3 aromatic heterocycles. The van der Waals surface area contributed by atoms with Crippen LogP contribution in [-0.2, 0) is 10.8 Å². The van der Waals surface area contributed by atoms with E-state index in [1.54, 1.807) is 0 Å². The summed E-state index contributed by atoms with van der Waals surface area (Å²) in [5.74, 6) is 0.907. The Bertz CT molecular complexity index is 3140. The molecule has 0 atom stereocenters. The van der Waals surface area contributed by atoms with E-state index in [2.05, 4.69) is 205 Å². The second kappa shape index (κ2) is 16.3. The van der Waals surface area contributed by atoms with E-state index >= 15 is 0 Å². The second-order valence-corrected chi connectivity index (χ2v) is 25.1. The zero-order valence-corrected chi connectivity index (χ0v) is 39.4. The van der Waals surface area contributed by atoms with Crippen LogP contribution in [-0.4, -0.2) is 32.7 Å². The van der Waals surface area contributed by atoms with Gasteiger partial charge in [-0.25, -0.2) is 4.98 Å². The number of imidazole rings is 1. The van der Waals surface area contributed by atoms with Crippen LogP contribution >= 0.6 is 0 Å². The van der Waals surface area contributed by atoms with Gasteiger partial charge < -0.3 is 5.11 Å². The summed E-state index contributed by atoms with van der Waals surface area (Å²) in [5.41, 5.74) is 15.6. The molecule has 0 aliphatic carbocycles. The summed E-state index contributed by atoms with van der Waals surface area (Å²) in [6.45, 7) is 20.3. The molecule has 6 aromatic carbocycles. The van der Waals surface area contributed by atoms with Crippen LogP contribution in [0.4, 0.5) is 0 Å². The largest absolute Gasteiger partial charge is 0.507 e. The average molecular weight is 853 g/mol. The summed E-state index contributed by atoms with van der Waals surface area (Å²) < 4.78 is 2.15. The topological polar surface area (TPSA) is 63.8 Å². The number of benzene rings is 6. The van der Waals surface area contributed by atoms with Crippen molar-refractivity contribution in [2.24, 2.45) is 0 Å². The molecule has 3 heterocycles. The maximum atomic E-state index is 12.2. The number of rotatable bonds is 8. The van der Waals surface area contributed by atoms with E-state index in [9.17, 15) is 5.11 Å². The molecule has 5 nitrogen and oxygen atoms in total. The highest BCUT2D eigenvalue weighted by molar-refractivity contribution is 6.89. The standard InChI is InChI=1S/C58H56N4OSi/c1-57(2,3)45-32-48(55(63)50(33-45)58(4,5)6)56-61-54-49(35-59-36-52(54)62(56)46-23-17-12-18-24-46)43-29-42(39-21-15-11-16-22-39)30-44(31-43)51-34-47(53(37-60-51)64(7,8)9)41-27-25-40(26-28-41)38-19-13-10-14-20-38/h10-37,63H,1-9H3. The Kier molecular flexibility index (Phi) is 10.8. The number of hydrogen-bond donors (Lipinski definition) is 1. The second-order valence-electron chi connectivity index (χ2n) is 20.1. The van der Waals surface area contributed by atoms with Gasteiger partial charge in [-0.1, -0.05) is 170 Å². The molecule has 0 spiro atoms. The van der Waals surface area contributed by atoms with Crippen molar-refractivity contribution in [3.63, 3.8) is 0 Å². The van der Waals surface area contributed by atoms with Gasteiger partial charge in [0.25, 0.3) is 0 Å². The van der Waals surface area contributed by atoms with Gasteiger partial charge in [-0.3, -0.25) is 14.5 Å². The summed E-state index contributed by atoms with van der Waals surface area (Å²) >= 11 is 0. The third kappa shape index (κ3) is 8.22.